The summed E-state index contributed by atoms with van der Waals surface area (Å²) < 4.78 is 6.34. The van der Waals surface area contributed by atoms with Gasteiger partial charge in [-0.15, -0.1) is 10.2 Å². The summed E-state index contributed by atoms with van der Waals surface area (Å²) in [5, 5.41) is 15.5. The van der Waals surface area contributed by atoms with E-state index in [0.29, 0.717) is 22.7 Å². The number of nitrogens with zero attached hydrogens (tertiary/aromatic N) is 6. The monoisotopic (exact) mass is 306 g/mol. The van der Waals surface area contributed by atoms with Crippen molar-refractivity contribution in [3.8, 4) is 0 Å². The predicted octanol–water partition coefficient (Wildman–Crippen LogP) is 6.58. The van der Waals surface area contributed by atoms with Crippen LogP contribution >= 0.6 is 23.6 Å². The van der Waals surface area contributed by atoms with Gasteiger partial charge >= 0.3 is 0 Å². The molecule has 2 aromatic rings. The average Bonchev–Trinajstić information content (AvgIpc) is 2.49. The van der Waals surface area contributed by atoms with Crippen molar-refractivity contribution in [1.29, 1.82) is 0 Å². The van der Waals surface area contributed by atoms with Gasteiger partial charge in [-0.1, -0.05) is 9.27 Å². The van der Waals surface area contributed by atoms with Gasteiger partial charge in [0.25, 0.3) is 0 Å². The van der Waals surface area contributed by atoms with Gasteiger partial charge in [-0.3, -0.25) is 0 Å². The number of halogens is 2. The Balaban J connectivity index is 2.08. The molecule has 20 heavy (non-hydrogen) atoms. The lowest BCUT2D eigenvalue weighted by atomic mass is 10.3. The maximum absolute atomic E-state index is 5.15. The van der Waals surface area contributed by atoms with Gasteiger partial charge in [0.05, 0.1) is 46.3 Å². The highest BCUT2D eigenvalue weighted by atomic mass is 35.5. The van der Waals surface area contributed by atoms with Crippen molar-refractivity contribution in [1.82, 2.24) is 0 Å². The van der Waals surface area contributed by atoms with E-state index in [1.54, 1.807) is 48.5 Å². The van der Waals surface area contributed by atoms with Crippen molar-refractivity contribution in [3.63, 3.8) is 0 Å². The lowest BCUT2D eigenvalue weighted by molar-refractivity contribution is 1.22. The first kappa shape index (κ1) is 14.2. The molecule has 0 aliphatic carbocycles. The zero-order valence-corrected chi connectivity index (χ0v) is 11.6. The second kappa shape index (κ2) is 7.42. The molecule has 0 aliphatic rings. The molecule has 0 heterocycles. The summed E-state index contributed by atoms with van der Waals surface area (Å²) in [5.74, 6) is 0. The third kappa shape index (κ3) is 4.18. The van der Waals surface area contributed by atoms with Gasteiger partial charge in [-0.25, -0.2) is 0 Å². The lowest BCUT2D eigenvalue weighted by Crippen LogP contribution is -1.66. The van der Waals surface area contributed by atoms with E-state index in [1.165, 1.54) is 0 Å². The molecule has 2 aromatic carbocycles. The molecule has 100 valence electrons. The molecule has 0 saturated heterocycles. The van der Waals surface area contributed by atoms with Crippen LogP contribution in [0.1, 0.15) is 0 Å². The highest BCUT2D eigenvalue weighted by Gasteiger charge is 1.94. The fraction of sp³-hybridized carbons (Fsp3) is 0. The van der Waals surface area contributed by atoms with E-state index in [4.69, 9.17) is 23.6 Å². The zero-order valence-electron chi connectivity index (χ0n) is 10.1. The molecular weight excluding hydrogens is 299 g/mol. The quantitative estimate of drug-likeness (QED) is 0.572. The Labute approximate surface area is 125 Å². The van der Waals surface area contributed by atoms with Crippen LogP contribution in [0.2, 0.25) is 0 Å². The molecule has 0 unspecified atom stereocenters. The topological polar surface area (TPSA) is 74.2 Å². The van der Waals surface area contributed by atoms with Crippen LogP contribution < -0.4 is 0 Å². The molecule has 0 fully saturated rings. The molecule has 0 amide bonds. The highest BCUT2D eigenvalue weighted by molar-refractivity contribution is 6.14. The Hall–Kier alpha value is -2.18. The third-order valence-corrected chi connectivity index (χ3v) is 2.44. The van der Waals surface area contributed by atoms with E-state index < -0.39 is 0 Å². The van der Waals surface area contributed by atoms with Crippen molar-refractivity contribution in [2.45, 2.75) is 0 Å². The van der Waals surface area contributed by atoms with Gasteiger partial charge < -0.3 is 0 Å². The molecule has 0 N–H and O–H groups in total. The average molecular weight is 307 g/mol. The fourth-order valence-corrected chi connectivity index (χ4v) is 1.55. The summed E-state index contributed by atoms with van der Waals surface area (Å²) in [6.07, 6.45) is 0. The molecule has 0 radical (unpaired) electrons. The molecule has 0 bridgehead atoms. The molecule has 2 rings (SSSR count). The molecule has 0 atom stereocenters. The summed E-state index contributed by atoms with van der Waals surface area (Å²) in [7, 11) is 0. The summed E-state index contributed by atoms with van der Waals surface area (Å²) in [4.78, 5) is 0. The van der Waals surface area contributed by atoms with Crippen LogP contribution in [0.4, 0.5) is 22.7 Å². The maximum atomic E-state index is 5.15. The first-order chi connectivity index (χ1) is 9.81. The SMILES string of the molecule is ClN=Nc1ccc(N=Nc2ccc(N=NCl)cc2)cc1. The predicted molar refractivity (Wildman–Crippen MR) is 77.8 cm³/mol. The van der Waals surface area contributed by atoms with Crippen molar-refractivity contribution in [2.24, 2.45) is 29.7 Å². The van der Waals surface area contributed by atoms with Gasteiger partial charge in [0.15, 0.2) is 0 Å². The molecule has 6 nitrogen and oxygen atoms in total. The van der Waals surface area contributed by atoms with E-state index in [9.17, 15) is 0 Å². The van der Waals surface area contributed by atoms with Gasteiger partial charge in [0, 0.05) is 0 Å². The van der Waals surface area contributed by atoms with Crippen LogP contribution in [0.3, 0.4) is 0 Å². The highest BCUT2D eigenvalue weighted by Crippen LogP contribution is 2.23. The first-order valence-electron chi connectivity index (χ1n) is 5.48. The second-order valence-corrected chi connectivity index (χ2v) is 3.89. The summed E-state index contributed by atoms with van der Waals surface area (Å²) >= 11 is 10.3. The van der Waals surface area contributed by atoms with E-state index in [2.05, 4.69) is 29.7 Å². The Kier molecular flexibility index (Phi) is 5.28. The first-order valence-corrected chi connectivity index (χ1v) is 6.15. The third-order valence-electron chi connectivity index (χ3n) is 2.29. The zero-order chi connectivity index (χ0) is 14.2. The Morgan fingerprint density at radius 2 is 0.700 bits per heavy atom. The molecular formula is C12H8Cl2N6. The molecule has 0 aliphatic heterocycles. The minimum atomic E-state index is 0.648. The summed E-state index contributed by atoms with van der Waals surface area (Å²) in [6, 6.07) is 14.0. The van der Waals surface area contributed by atoms with E-state index >= 15 is 0 Å². The number of benzene rings is 2. The number of hydrogen-bond acceptors (Lipinski definition) is 6. The van der Waals surface area contributed by atoms with E-state index in [0.717, 1.165) is 0 Å². The van der Waals surface area contributed by atoms with Gasteiger partial charge in [0.1, 0.15) is 0 Å². The number of rotatable bonds is 4. The largest absolute Gasteiger partial charge is 0.151 e. The van der Waals surface area contributed by atoms with Crippen LogP contribution in [0.15, 0.2) is 78.3 Å². The van der Waals surface area contributed by atoms with Crippen molar-refractivity contribution in [3.05, 3.63) is 48.5 Å². The van der Waals surface area contributed by atoms with E-state index in [1.807, 2.05) is 0 Å². The van der Waals surface area contributed by atoms with E-state index in [-0.39, 0.29) is 0 Å². The lowest BCUT2D eigenvalue weighted by Gasteiger charge is -1.95. The minimum absolute atomic E-state index is 0.648. The molecule has 0 aromatic heterocycles. The van der Waals surface area contributed by atoms with Crippen LogP contribution in [0, 0.1) is 0 Å². The van der Waals surface area contributed by atoms with Crippen LogP contribution in [-0.2, 0) is 0 Å². The van der Waals surface area contributed by atoms with Crippen molar-refractivity contribution < 1.29 is 0 Å². The Bertz CT molecular complexity index is 577. The normalized spacial score (nSPS) is 11.9. The van der Waals surface area contributed by atoms with Crippen molar-refractivity contribution >= 4 is 46.3 Å². The standard InChI is InChI=1S/C12H8Cl2N6/c13-19-17-11-5-1-9(2-6-11)15-16-10-3-7-12(8-4-10)18-20-14/h1-8H. The number of azo groups is 1. The minimum Gasteiger partial charge on any atom is -0.151 e. The Morgan fingerprint density at radius 1 is 0.450 bits per heavy atom. The summed E-state index contributed by atoms with van der Waals surface area (Å²) in [5.41, 5.74) is 2.69. The van der Waals surface area contributed by atoms with Gasteiger partial charge in [-0.2, -0.15) is 10.2 Å². The molecule has 0 saturated carbocycles. The Morgan fingerprint density at radius 3 is 0.950 bits per heavy atom. The van der Waals surface area contributed by atoms with Gasteiger partial charge in [-0.05, 0) is 48.5 Å². The molecule has 8 heteroatoms. The number of hydrogen-bond donors (Lipinski definition) is 0. The smallest absolute Gasteiger partial charge is 0.0869 e. The van der Waals surface area contributed by atoms with Gasteiger partial charge in [0.2, 0.25) is 0 Å². The van der Waals surface area contributed by atoms with Crippen LogP contribution in [0.25, 0.3) is 0 Å². The second-order valence-electron chi connectivity index (χ2n) is 3.58. The fourth-order valence-electron chi connectivity index (χ4n) is 1.37. The van der Waals surface area contributed by atoms with Crippen molar-refractivity contribution in [2.75, 3.05) is 0 Å². The van der Waals surface area contributed by atoms with Crippen LogP contribution in [0.5, 0.6) is 0 Å². The van der Waals surface area contributed by atoms with Crippen LogP contribution in [-0.4, -0.2) is 0 Å². The summed E-state index contributed by atoms with van der Waals surface area (Å²) in [6.45, 7) is 0. The molecule has 0 spiro atoms. The maximum Gasteiger partial charge on any atom is 0.0869 e.